The van der Waals surface area contributed by atoms with Gasteiger partial charge in [0.15, 0.2) is 5.78 Å². The van der Waals surface area contributed by atoms with Crippen molar-refractivity contribution in [2.45, 2.75) is 39.3 Å². The first-order chi connectivity index (χ1) is 8.42. The number of ketones is 1. The Morgan fingerprint density at radius 1 is 1.39 bits per heavy atom. The smallest absolute Gasteiger partial charge is 0.261 e. The molecule has 0 atom stereocenters. The van der Waals surface area contributed by atoms with Gasteiger partial charge < -0.3 is 4.57 Å². The van der Waals surface area contributed by atoms with Crippen LogP contribution in [0.25, 0.3) is 0 Å². The maximum Gasteiger partial charge on any atom is 0.261 e. The van der Waals surface area contributed by atoms with Crippen molar-refractivity contribution < 1.29 is 4.79 Å². The number of pyridine rings is 1. The summed E-state index contributed by atoms with van der Waals surface area (Å²) in [5.41, 5.74) is 0.352. The second kappa shape index (κ2) is 4.69. The van der Waals surface area contributed by atoms with Crippen LogP contribution in [-0.2, 0) is 6.54 Å². The summed E-state index contributed by atoms with van der Waals surface area (Å²) in [5, 5.41) is 0. The van der Waals surface area contributed by atoms with E-state index in [0.29, 0.717) is 6.54 Å². The molecule has 0 aromatic carbocycles. The highest BCUT2D eigenvalue weighted by Crippen LogP contribution is 2.28. The van der Waals surface area contributed by atoms with Gasteiger partial charge in [0.1, 0.15) is 0 Å². The number of nitrogens with zero attached hydrogens (tertiary/aromatic N) is 2. The molecular formula is C14H20N2O2. The Bertz CT molecular complexity index is 517. The molecule has 1 fully saturated rings. The SMILES string of the molecule is CC(=O)c1cccn(CCN2CCC2(C)C)c1=O. The minimum absolute atomic E-state index is 0.168. The quantitative estimate of drug-likeness (QED) is 0.759. The molecule has 18 heavy (non-hydrogen) atoms. The van der Waals surface area contributed by atoms with E-state index in [-0.39, 0.29) is 22.4 Å². The van der Waals surface area contributed by atoms with Crippen molar-refractivity contribution in [2.75, 3.05) is 13.1 Å². The lowest BCUT2D eigenvalue weighted by atomic mass is 9.89. The first-order valence-electron chi connectivity index (χ1n) is 6.37. The van der Waals surface area contributed by atoms with Gasteiger partial charge in [-0.05, 0) is 39.3 Å². The Morgan fingerprint density at radius 2 is 2.11 bits per heavy atom. The van der Waals surface area contributed by atoms with Crippen molar-refractivity contribution in [2.24, 2.45) is 0 Å². The predicted molar refractivity (Wildman–Crippen MR) is 71.0 cm³/mol. The van der Waals surface area contributed by atoms with Gasteiger partial charge in [0.2, 0.25) is 0 Å². The highest BCUT2D eigenvalue weighted by atomic mass is 16.1. The van der Waals surface area contributed by atoms with E-state index in [0.717, 1.165) is 13.1 Å². The largest absolute Gasteiger partial charge is 0.314 e. The van der Waals surface area contributed by atoms with Crippen LogP contribution in [-0.4, -0.2) is 33.9 Å². The van der Waals surface area contributed by atoms with Gasteiger partial charge in [0.05, 0.1) is 5.56 Å². The van der Waals surface area contributed by atoms with Crippen LogP contribution in [0.5, 0.6) is 0 Å². The molecule has 0 bridgehead atoms. The van der Waals surface area contributed by atoms with E-state index in [1.807, 2.05) is 0 Å². The van der Waals surface area contributed by atoms with Gasteiger partial charge in [0.25, 0.3) is 5.56 Å². The van der Waals surface area contributed by atoms with Crippen LogP contribution < -0.4 is 5.56 Å². The fourth-order valence-corrected chi connectivity index (χ4v) is 2.34. The number of hydrogen-bond acceptors (Lipinski definition) is 3. The zero-order valence-electron chi connectivity index (χ0n) is 11.3. The number of likely N-dealkylation sites (tertiary alicyclic amines) is 1. The number of carbonyl (C=O) groups excluding carboxylic acids is 1. The molecular weight excluding hydrogens is 228 g/mol. The summed E-state index contributed by atoms with van der Waals surface area (Å²) in [4.78, 5) is 25.7. The van der Waals surface area contributed by atoms with Gasteiger partial charge in [-0.25, -0.2) is 0 Å². The summed E-state index contributed by atoms with van der Waals surface area (Å²) in [7, 11) is 0. The van der Waals surface area contributed by atoms with E-state index in [9.17, 15) is 9.59 Å². The lowest BCUT2D eigenvalue weighted by Crippen LogP contribution is -2.56. The number of Topliss-reactive ketones (excluding diaryl/α,β-unsaturated/α-hetero) is 1. The lowest BCUT2D eigenvalue weighted by Gasteiger charge is -2.48. The van der Waals surface area contributed by atoms with E-state index in [1.165, 1.54) is 13.3 Å². The maximum atomic E-state index is 12.0. The number of carbonyl (C=O) groups is 1. The third kappa shape index (κ3) is 2.38. The van der Waals surface area contributed by atoms with Crippen molar-refractivity contribution in [1.29, 1.82) is 0 Å². The first kappa shape index (κ1) is 13.0. The zero-order valence-corrected chi connectivity index (χ0v) is 11.3. The molecule has 0 unspecified atom stereocenters. The summed E-state index contributed by atoms with van der Waals surface area (Å²) >= 11 is 0. The summed E-state index contributed by atoms with van der Waals surface area (Å²) in [6.45, 7) is 8.45. The Morgan fingerprint density at radius 3 is 2.61 bits per heavy atom. The van der Waals surface area contributed by atoms with Gasteiger partial charge in [-0.1, -0.05) is 0 Å². The molecule has 0 amide bonds. The molecule has 0 saturated carbocycles. The van der Waals surface area contributed by atoms with Gasteiger partial charge in [-0.3, -0.25) is 14.5 Å². The molecule has 1 aliphatic heterocycles. The maximum absolute atomic E-state index is 12.0. The second-order valence-corrected chi connectivity index (χ2v) is 5.53. The van der Waals surface area contributed by atoms with E-state index in [2.05, 4.69) is 18.7 Å². The Hall–Kier alpha value is -1.42. The van der Waals surface area contributed by atoms with Crippen LogP contribution in [0, 0.1) is 0 Å². The topological polar surface area (TPSA) is 42.3 Å². The second-order valence-electron chi connectivity index (χ2n) is 5.53. The van der Waals surface area contributed by atoms with Crippen LogP contribution in [0.15, 0.2) is 23.1 Å². The first-order valence-corrected chi connectivity index (χ1v) is 6.37. The molecule has 2 heterocycles. The van der Waals surface area contributed by atoms with E-state index >= 15 is 0 Å². The highest BCUT2D eigenvalue weighted by molar-refractivity contribution is 5.93. The molecule has 4 heteroatoms. The molecule has 1 aromatic rings. The fourth-order valence-electron chi connectivity index (χ4n) is 2.34. The lowest BCUT2D eigenvalue weighted by molar-refractivity contribution is 0.0129. The average Bonchev–Trinajstić information content (AvgIpc) is 2.29. The van der Waals surface area contributed by atoms with Gasteiger partial charge in [0, 0.05) is 31.4 Å². The third-order valence-corrected chi connectivity index (χ3v) is 3.86. The standard InChI is InChI=1S/C14H20N2O2/c1-11(17)12-5-4-7-15(13(12)18)9-10-16-8-6-14(16,2)3/h4-5,7H,6,8-10H2,1-3H3. The minimum Gasteiger partial charge on any atom is -0.314 e. The van der Waals surface area contributed by atoms with Crippen molar-refractivity contribution in [3.63, 3.8) is 0 Å². The van der Waals surface area contributed by atoms with Crippen LogP contribution in [0.4, 0.5) is 0 Å². The van der Waals surface area contributed by atoms with Crippen molar-refractivity contribution in [1.82, 2.24) is 9.47 Å². The monoisotopic (exact) mass is 248 g/mol. The molecule has 1 aromatic heterocycles. The fraction of sp³-hybridized carbons (Fsp3) is 0.571. The number of hydrogen-bond donors (Lipinski definition) is 0. The third-order valence-electron chi connectivity index (χ3n) is 3.86. The minimum atomic E-state index is -0.177. The van der Waals surface area contributed by atoms with Crippen LogP contribution in [0.2, 0.25) is 0 Å². The molecule has 98 valence electrons. The molecule has 2 rings (SSSR count). The number of rotatable bonds is 4. The van der Waals surface area contributed by atoms with Crippen LogP contribution >= 0.6 is 0 Å². The molecule has 4 nitrogen and oxygen atoms in total. The van der Waals surface area contributed by atoms with E-state index in [1.54, 1.807) is 22.9 Å². The Labute approximate surface area is 107 Å². The van der Waals surface area contributed by atoms with Gasteiger partial charge >= 0.3 is 0 Å². The summed E-state index contributed by atoms with van der Waals surface area (Å²) in [6.07, 6.45) is 2.96. The van der Waals surface area contributed by atoms with E-state index in [4.69, 9.17) is 0 Å². The van der Waals surface area contributed by atoms with Crippen molar-refractivity contribution in [3.8, 4) is 0 Å². The number of aromatic nitrogens is 1. The molecule has 0 spiro atoms. The summed E-state index contributed by atoms with van der Waals surface area (Å²) in [5.74, 6) is -0.168. The van der Waals surface area contributed by atoms with E-state index < -0.39 is 0 Å². The average molecular weight is 248 g/mol. The molecule has 0 radical (unpaired) electrons. The Balaban J connectivity index is 2.09. The van der Waals surface area contributed by atoms with Crippen LogP contribution in [0.1, 0.15) is 37.6 Å². The predicted octanol–water partition coefficient (Wildman–Crippen LogP) is 1.54. The summed E-state index contributed by atoms with van der Waals surface area (Å²) in [6, 6.07) is 3.36. The highest BCUT2D eigenvalue weighted by Gasteiger charge is 2.34. The van der Waals surface area contributed by atoms with Gasteiger partial charge in [-0.15, -0.1) is 0 Å². The molecule has 0 N–H and O–H groups in total. The summed E-state index contributed by atoms with van der Waals surface area (Å²) < 4.78 is 1.63. The van der Waals surface area contributed by atoms with Crippen molar-refractivity contribution in [3.05, 3.63) is 34.2 Å². The Kier molecular flexibility index (Phi) is 3.39. The van der Waals surface area contributed by atoms with Crippen LogP contribution in [0.3, 0.4) is 0 Å². The molecule has 1 aliphatic rings. The molecule has 0 aliphatic carbocycles. The van der Waals surface area contributed by atoms with Gasteiger partial charge in [-0.2, -0.15) is 0 Å². The zero-order chi connectivity index (χ0) is 13.3. The van der Waals surface area contributed by atoms with Crippen molar-refractivity contribution >= 4 is 5.78 Å². The molecule has 1 saturated heterocycles. The normalized spacial score (nSPS) is 18.4.